The number of halogens is 3. The van der Waals surface area contributed by atoms with Crippen molar-refractivity contribution in [1.82, 2.24) is 5.32 Å². The monoisotopic (exact) mass is 273 g/mol. The second-order valence-corrected chi connectivity index (χ2v) is 4.73. The molecular weight excluding hydrogens is 259 g/mol. The smallest absolute Gasteiger partial charge is 0.406 e. The molecule has 104 valence electrons. The number of nitrogens with one attached hydrogen (secondary N) is 1. The highest BCUT2D eigenvalue weighted by molar-refractivity contribution is 5.81. The van der Waals surface area contributed by atoms with Crippen LogP contribution in [0.4, 0.5) is 13.2 Å². The van der Waals surface area contributed by atoms with Gasteiger partial charge < -0.3 is 10.1 Å². The molecule has 0 aliphatic heterocycles. The molecule has 2 rings (SSSR count). The van der Waals surface area contributed by atoms with Crippen LogP contribution in [0.1, 0.15) is 18.9 Å². The molecule has 0 radical (unpaired) electrons. The Balaban J connectivity index is 1.83. The van der Waals surface area contributed by atoms with E-state index in [4.69, 9.17) is 0 Å². The van der Waals surface area contributed by atoms with Gasteiger partial charge in [0.25, 0.3) is 0 Å². The molecule has 3 nitrogen and oxygen atoms in total. The molecular formula is C13H14F3NO2. The molecule has 1 fully saturated rings. The fourth-order valence-electron chi connectivity index (χ4n) is 1.82. The quantitative estimate of drug-likeness (QED) is 0.916. The summed E-state index contributed by atoms with van der Waals surface area (Å²) in [7, 11) is 0. The predicted molar refractivity (Wildman–Crippen MR) is 62.2 cm³/mol. The summed E-state index contributed by atoms with van der Waals surface area (Å²) in [5, 5.41) is 2.76. The molecule has 1 saturated carbocycles. The summed E-state index contributed by atoms with van der Waals surface area (Å²) in [4.78, 5) is 11.6. The third kappa shape index (κ3) is 4.15. The van der Waals surface area contributed by atoms with Crippen LogP contribution in [0.2, 0.25) is 0 Å². The fraction of sp³-hybridized carbons (Fsp3) is 0.462. The van der Waals surface area contributed by atoms with Crippen molar-refractivity contribution in [2.24, 2.45) is 11.8 Å². The minimum Gasteiger partial charge on any atom is -0.406 e. The molecule has 19 heavy (non-hydrogen) atoms. The Morgan fingerprint density at radius 1 is 1.37 bits per heavy atom. The van der Waals surface area contributed by atoms with Crippen LogP contribution in [0.25, 0.3) is 0 Å². The van der Waals surface area contributed by atoms with Crippen molar-refractivity contribution >= 4 is 5.91 Å². The van der Waals surface area contributed by atoms with Gasteiger partial charge in [-0.1, -0.05) is 19.1 Å². The number of benzene rings is 1. The van der Waals surface area contributed by atoms with E-state index in [0.29, 0.717) is 12.5 Å². The van der Waals surface area contributed by atoms with Gasteiger partial charge in [0, 0.05) is 12.5 Å². The summed E-state index contributed by atoms with van der Waals surface area (Å²) in [6.07, 6.45) is -3.78. The standard InChI is InChI=1S/C13H14F3NO2/c1-8-6-11(8)12(18)17-7-9-2-4-10(5-3-9)19-13(14,15)16/h2-5,8,11H,6-7H2,1H3,(H,17,18)/t8-,11+/m1/s1. The van der Waals surface area contributed by atoms with E-state index < -0.39 is 6.36 Å². The minimum absolute atomic E-state index is 0.00289. The fourth-order valence-corrected chi connectivity index (χ4v) is 1.82. The normalized spacial score (nSPS) is 21.9. The van der Waals surface area contributed by atoms with Gasteiger partial charge in [0.2, 0.25) is 5.91 Å². The lowest BCUT2D eigenvalue weighted by molar-refractivity contribution is -0.274. The molecule has 1 N–H and O–H groups in total. The first-order valence-electron chi connectivity index (χ1n) is 5.97. The van der Waals surface area contributed by atoms with Crippen LogP contribution < -0.4 is 10.1 Å². The maximum Gasteiger partial charge on any atom is 0.573 e. The van der Waals surface area contributed by atoms with Crippen molar-refractivity contribution in [2.45, 2.75) is 26.3 Å². The number of carbonyl (C=O) groups excluding carboxylic acids is 1. The highest BCUT2D eigenvalue weighted by atomic mass is 19.4. The molecule has 0 heterocycles. The first-order valence-corrected chi connectivity index (χ1v) is 5.97. The van der Waals surface area contributed by atoms with E-state index in [-0.39, 0.29) is 17.6 Å². The van der Waals surface area contributed by atoms with Gasteiger partial charge in [-0.3, -0.25) is 4.79 Å². The summed E-state index contributed by atoms with van der Waals surface area (Å²) >= 11 is 0. The van der Waals surface area contributed by atoms with E-state index in [1.165, 1.54) is 24.3 Å². The molecule has 0 unspecified atom stereocenters. The summed E-state index contributed by atoms with van der Waals surface area (Å²) in [6.45, 7) is 2.32. The first kappa shape index (κ1) is 13.7. The topological polar surface area (TPSA) is 38.3 Å². The van der Waals surface area contributed by atoms with E-state index in [2.05, 4.69) is 10.1 Å². The average molecular weight is 273 g/mol. The number of carbonyl (C=O) groups is 1. The van der Waals surface area contributed by atoms with Crippen LogP contribution in [0.3, 0.4) is 0 Å². The van der Waals surface area contributed by atoms with Crippen molar-refractivity contribution < 1.29 is 22.7 Å². The number of amides is 1. The molecule has 1 aromatic rings. The van der Waals surface area contributed by atoms with Crippen molar-refractivity contribution in [2.75, 3.05) is 0 Å². The number of hydrogen-bond donors (Lipinski definition) is 1. The lowest BCUT2D eigenvalue weighted by Gasteiger charge is -2.09. The first-order chi connectivity index (χ1) is 8.85. The summed E-state index contributed by atoms with van der Waals surface area (Å²) in [5.74, 6) is 0.261. The van der Waals surface area contributed by atoms with Crippen LogP contribution in [0.5, 0.6) is 5.75 Å². The van der Waals surface area contributed by atoms with E-state index in [0.717, 1.165) is 12.0 Å². The number of alkyl halides is 3. The van der Waals surface area contributed by atoms with Crippen molar-refractivity contribution in [3.63, 3.8) is 0 Å². The van der Waals surface area contributed by atoms with Crippen LogP contribution in [-0.4, -0.2) is 12.3 Å². The molecule has 1 amide bonds. The third-order valence-corrected chi connectivity index (χ3v) is 3.07. The molecule has 1 aliphatic carbocycles. The summed E-state index contributed by atoms with van der Waals surface area (Å²) < 4.78 is 39.6. The lowest BCUT2D eigenvalue weighted by atomic mass is 10.2. The van der Waals surface area contributed by atoms with Gasteiger partial charge in [-0.05, 0) is 30.0 Å². The van der Waals surface area contributed by atoms with Gasteiger partial charge in [-0.25, -0.2) is 0 Å². The molecule has 0 aromatic heterocycles. The van der Waals surface area contributed by atoms with E-state index in [9.17, 15) is 18.0 Å². The predicted octanol–water partition coefficient (Wildman–Crippen LogP) is 2.86. The Morgan fingerprint density at radius 2 is 1.95 bits per heavy atom. The Bertz CT molecular complexity index is 456. The maximum atomic E-state index is 11.9. The van der Waals surface area contributed by atoms with Crippen LogP contribution in [-0.2, 0) is 11.3 Å². The highest BCUT2D eigenvalue weighted by Gasteiger charge is 2.38. The number of hydrogen-bond acceptors (Lipinski definition) is 2. The maximum absolute atomic E-state index is 11.9. The molecule has 1 aromatic carbocycles. The van der Waals surface area contributed by atoms with Gasteiger partial charge in [0.15, 0.2) is 0 Å². The van der Waals surface area contributed by atoms with Crippen molar-refractivity contribution in [3.8, 4) is 5.75 Å². The number of rotatable bonds is 4. The number of ether oxygens (including phenoxy) is 1. The van der Waals surface area contributed by atoms with Crippen LogP contribution in [0.15, 0.2) is 24.3 Å². The molecule has 6 heteroatoms. The Kier molecular flexibility index (Phi) is 3.68. The average Bonchev–Trinajstić information content (AvgIpc) is 3.03. The molecule has 2 atom stereocenters. The van der Waals surface area contributed by atoms with E-state index >= 15 is 0 Å². The second-order valence-electron chi connectivity index (χ2n) is 4.73. The second kappa shape index (κ2) is 5.11. The van der Waals surface area contributed by atoms with Crippen LogP contribution >= 0.6 is 0 Å². The zero-order valence-corrected chi connectivity index (χ0v) is 10.3. The highest BCUT2D eigenvalue weighted by Crippen LogP contribution is 2.37. The SMILES string of the molecule is C[C@@H]1C[C@@H]1C(=O)NCc1ccc(OC(F)(F)F)cc1. The molecule has 1 aliphatic rings. The zero-order valence-electron chi connectivity index (χ0n) is 10.3. The van der Waals surface area contributed by atoms with Gasteiger partial charge in [0.05, 0.1) is 0 Å². The van der Waals surface area contributed by atoms with Crippen molar-refractivity contribution in [1.29, 1.82) is 0 Å². The Labute approximate surface area is 108 Å². The minimum atomic E-state index is -4.68. The zero-order chi connectivity index (χ0) is 14.0. The molecule has 0 spiro atoms. The van der Waals surface area contributed by atoms with E-state index in [1.807, 2.05) is 6.92 Å². The third-order valence-electron chi connectivity index (χ3n) is 3.07. The summed E-state index contributed by atoms with van der Waals surface area (Å²) in [5.41, 5.74) is 0.733. The van der Waals surface area contributed by atoms with Crippen molar-refractivity contribution in [3.05, 3.63) is 29.8 Å². The van der Waals surface area contributed by atoms with Gasteiger partial charge in [-0.2, -0.15) is 0 Å². The van der Waals surface area contributed by atoms with Gasteiger partial charge in [-0.15, -0.1) is 13.2 Å². The summed E-state index contributed by atoms with van der Waals surface area (Å²) in [6, 6.07) is 5.46. The van der Waals surface area contributed by atoms with Gasteiger partial charge in [0.1, 0.15) is 5.75 Å². The van der Waals surface area contributed by atoms with E-state index in [1.54, 1.807) is 0 Å². The molecule has 0 bridgehead atoms. The molecule has 0 saturated heterocycles. The Morgan fingerprint density at radius 3 is 2.42 bits per heavy atom. The van der Waals surface area contributed by atoms with Gasteiger partial charge >= 0.3 is 6.36 Å². The largest absolute Gasteiger partial charge is 0.573 e. The van der Waals surface area contributed by atoms with Crippen LogP contribution in [0, 0.1) is 11.8 Å². The lowest BCUT2D eigenvalue weighted by Crippen LogP contribution is -2.24. The Hall–Kier alpha value is -1.72.